The van der Waals surface area contributed by atoms with Crippen molar-refractivity contribution in [3.05, 3.63) is 69.8 Å². The van der Waals surface area contributed by atoms with Gasteiger partial charge in [-0.1, -0.05) is 12.8 Å². The van der Waals surface area contributed by atoms with Crippen LogP contribution in [0.5, 0.6) is 5.75 Å². The molecule has 2 aromatic carbocycles. The van der Waals surface area contributed by atoms with Crippen molar-refractivity contribution >= 4 is 29.2 Å². The second-order valence-electron chi connectivity index (χ2n) is 8.30. The van der Waals surface area contributed by atoms with Gasteiger partial charge in [-0.25, -0.2) is 5.01 Å². The van der Waals surface area contributed by atoms with E-state index in [1.54, 1.807) is 12.1 Å². The van der Waals surface area contributed by atoms with E-state index in [1.807, 2.05) is 0 Å². The molecule has 1 aliphatic carbocycles. The topological polar surface area (TPSA) is 127 Å². The molecule has 0 spiro atoms. The summed E-state index contributed by atoms with van der Waals surface area (Å²) in [4.78, 5) is 63.2. The average Bonchev–Trinajstić information content (AvgIpc) is 3.12. The lowest BCUT2D eigenvalue weighted by Crippen LogP contribution is -2.52. The maximum Gasteiger partial charge on any atom is 0.273 e. The lowest BCUT2D eigenvalue weighted by atomic mass is 9.81. The van der Waals surface area contributed by atoms with Crippen LogP contribution in [0.1, 0.15) is 46.4 Å². The molecule has 176 valence electrons. The van der Waals surface area contributed by atoms with Crippen LogP contribution in [0.15, 0.2) is 48.5 Å². The number of benzene rings is 2. The summed E-state index contributed by atoms with van der Waals surface area (Å²) in [5, 5.41) is 12.6. The third-order valence-corrected chi connectivity index (χ3v) is 6.32. The molecular formula is C24H23N3O7. The van der Waals surface area contributed by atoms with Crippen molar-refractivity contribution in [2.24, 2.45) is 11.8 Å². The molecule has 34 heavy (non-hydrogen) atoms. The van der Waals surface area contributed by atoms with Crippen LogP contribution >= 0.6 is 0 Å². The van der Waals surface area contributed by atoms with Gasteiger partial charge in [-0.3, -0.25) is 29.3 Å². The molecule has 1 aliphatic heterocycles. The number of hydrogen-bond acceptors (Lipinski definition) is 7. The highest BCUT2D eigenvalue weighted by Crippen LogP contribution is 2.39. The molecule has 2 aromatic rings. The third-order valence-electron chi connectivity index (χ3n) is 6.32. The molecule has 3 amide bonds. The number of ketones is 1. The summed E-state index contributed by atoms with van der Waals surface area (Å²) in [7, 11) is 1.49. The second-order valence-corrected chi connectivity index (χ2v) is 8.30. The van der Waals surface area contributed by atoms with Crippen LogP contribution in [-0.2, 0) is 9.59 Å². The first kappa shape index (κ1) is 23.1. The Balaban J connectivity index is 1.67. The van der Waals surface area contributed by atoms with Crippen LogP contribution in [0, 0.1) is 22.0 Å². The van der Waals surface area contributed by atoms with E-state index in [4.69, 9.17) is 4.74 Å². The summed E-state index contributed by atoms with van der Waals surface area (Å²) < 4.78 is 5.09. The lowest BCUT2D eigenvalue weighted by Gasteiger charge is -2.30. The van der Waals surface area contributed by atoms with Crippen LogP contribution in [0.2, 0.25) is 0 Å². The fourth-order valence-electron chi connectivity index (χ4n) is 4.50. The van der Waals surface area contributed by atoms with E-state index >= 15 is 0 Å². The second kappa shape index (κ2) is 9.42. The Morgan fingerprint density at radius 2 is 1.50 bits per heavy atom. The molecule has 1 saturated heterocycles. The van der Waals surface area contributed by atoms with Gasteiger partial charge in [0.1, 0.15) is 12.3 Å². The molecule has 2 fully saturated rings. The number of nitro groups is 1. The fraction of sp³-hybridized carbons (Fsp3) is 0.333. The van der Waals surface area contributed by atoms with Gasteiger partial charge in [0.15, 0.2) is 5.78 Å². The van der Waals surface area contributed by atoms with Gasteiger partial charge in [0.2, 0.25) is 0 Å². The number of nitro benzene ring substituents is 1. The molecule has 10 heteroatoms. The van der Waals surface area contributed by atoms with Crippen molar-refractivity contribution in [3.8, 4) is 5.75 Å². The number of imide groups is 1. The highest BCUT2D eigenvalue weighted by Gasteiger charge is 2.51. The minimum atomic E-state index is -0.767. The number of nitrogens with zero attached hydrogens (tertiary/aromatic N) is 3. The summed E-state index contributed by atoms with van der Waals surface area (Å²) in [6.07, 6.45) is 2.74. The summed E-state index contributed by atoms with van der Waals surface area (Å²) in [5.74, 6) is -2.70. The number of ether oxygens (including phenoxy) is 1. The van der Waals surface area contributed by atoms with Gasteiger partial charge in [0, 0.05) is 23.3 Å². The van der Waals surface area contributed by atoms with E-state index in [2.05, 4.69) is 0 Å². The zero-order chi connectivity index (χ0) is 24.4. The molecule has 0 unspecified atom stereocenters. The maximum atomic E-state index is 13.4. The van der Waals surface area contributed by atoms with Crippen LogP contribution in [-0.4, -0.2) is 52.1 Å². The number of fused-ring (bicyclic) bond motifs is 1. The number of hydrogen-bond donors (Lipinski definition) is 0. The Morgan fingerprint density at radius 1 is 0.971 bits per heavy atom. The number of Topliss-reactive ketones (excluding diaryl/α,β-unsaturated/α-hetero) is 1. The van der Waals surface area contributed by atoms with Crippen molar-refractivity contribution in [2.75, 3.05) is 13.7 Å². The van der Waals surface area contributed by atoms with Crippen molar-refractivity contribution in [3.63, 3.8) is 0 Å². The van der Waals surface area contributed by atoms with E-state index in [-0.39, 0.29) is 16.8 Å². The van der Waals surface area contributed by atoms with Gasteiger partial charge in [0.05, 0.1) is 23.9 Å². The summed E-state index contributed by atoms with van der Waals surface area (Å²) in [5.41, 5.74) is 0.0826. The first-order valence-corrected chi connectivity index (χ1v) is 10.9. The highest BCUT2D eigenvalue weighted by molar-refractivity contribution is 6.09. The van der Waals surface area contributed by atoms with Gasteiger partial charge in [-0.15, -0.1) is 0 Å². The normalized spacial score (nSPS) is 19.5. The molecular weight excluding hydrogens is 442 g/mol. The van der Waals surface area contributed by atoms with Crippen LogP contribution in [0.4, 0.5) is 5.69 Å². The van der Waals surface area contributed by atoms with Crippen molar-refractivity contribution in [1.29, 1.82) is 0 Å². The van der Waals surface area contributed by atoms with Crippen LogP contribution in [0.25, 0.3) is 0 Å². The van der Waals surface area contributed by atoms with Gasteiger partial charge in [-0.2, -0.15) is 5.01 Å². The number of carbonyl (C=O) groups excluding carboxylic acids is 4. The minimum absolute atomic E-state index is 0.0172. The summed E-state index contributed by atoms with van der Waals surface area (Å²) in [6, 6.07) is 11.0. The predicted octanol–water partition coefficient (Wildman–Crippen LogP) is 3.02. The first-order valence-electron chi connectivity index (χ1n) is 10.9. The number of rotatable bonds is 7. The number of carbonyl (C=O) groups is 4. The number of hydrazine groups is 1. The number of amides is 3. The molecule has 0 N–H and O–H groups in total. The quantitative estimate of drug-likeness (QED) is 0.266. The average molecular weight is 465 g/mol. The van der Waals surface area contributed by atoms with Crippen LogP contribution < -0.4 is 4.74 Å². The lowest BCUT2D eigenvalue weighted by molar-refractivity contribution is -0.384. The fourth-order valence-corrected chi connectivity index (χ4v) is 4.50. The molecule has 0 aromatic heterocycles. The van der Waals surface area contributed by atoms with Crippen molar-refractivity contribution in [1.82, 2.24) is 10.0 Å². The molecule has 4 rings (SSSR count). The molecule has 1 heterocycles. The van der Waals surface area contributed by atoms with Gasteiger partial charge in [0.25, 0.3) is 23.4 Å². The maximum absolute atomic E-state index is 13.4. The molecule has 0 radical (unpaired) electrons. The highest BCUT2D eigenvalue weighted by atomic mass is 16.6. The number of non-ortho nitro benzene ring substituents is 1. The van der Waals surface area contributed by atoms with E-state index in [1.165, 1.54) is 31.4 Å². The SMILES string of the molecule is COc1ccc(C(=O)CN(C(=O)c2ccc([N+](=O)[O-])cc2)N2C(=O)[C@H]3CCCC[C@H]3C2=O)cc1. The zero-order valence-corrected chi connectivity index (χ0v) is 18.5. The van der Waals surface area contributed by atoms with Gasteiger partial charge >= 0.3 is 0 Å². The van der Waals surface area contributed by atoms with Crippen molar-refractivity contribution < 1.29 is 28.8 Å². The largest absolute Gasteiger partial charge is 0.497 e. The van der Waals surface area contributed by atoms with Crippen LogP contribution in [0.3, 0.4) is 0 Å². The Morgan fingerprint density at radius 3 is 2.00 bits per heavy atom. The van der Waals surface area contributed by atoms with E-state index < -0.39 is 46.8 Å². The van der Waals surface area contributed by atoms with E-state index in [0.717, 1.165) is 35.0 Å². The van der Waals surface area contributed by atoms with E-state index in [0.29, 0.717) is 18.6 Å². The smallest absolute Gasteiger partial charge is 0.273 e. The molecule has 0 bridgehead atoms. The number of methoxy groups -OCH3 is 1. The Bertz CT molecular complexity index is 1120. The Labute approximate surface area is 195 Å². The molecule has 2 aliphatic rings. The predicted molar refractivity (Wildman–Crippen MR) is 119 cm³/mol. The summed E-state index contributed by atoms with van der Waals surface area (Å²) in [6.45, 7) is -0.543. The zero-order valence-electron chi connectivity index (χ0n) is 18.5. The first-order chi connectivity index (χ1) is 16.3. The molecule has 1 saturated carbocycles. The third kappa shape index (κ3) is 4.26. The molecule has 10 nitrogen and oxygen atoms in total. The molecule has 2 atom stereocenters. The van der Waals surface area contributed by atoms with Crippen molar-refractivity contribution in [2.45, 2.75) is 25.7 Å². The van der Waals surface area contributed by atoms with E-state index in [9.17, 15) is 29.3 Å². The monoisotopic (exact) mass is 465 g/mol. The Hall–Kier alpha value is -4.08. The van der Waals surface area contributed by atoms with Gasteiger partial charge < -0.3 is 4.74 Å². The summed E-state index contributed by atoms with van der Waals surface area (Å²) >= 11 is 0. The standard InChI is InChI=1S/C24H23N3O7/c1-34-18-12-8-15(9-13-18)21(28)14-25(22(29)16-6-10-17(11-7-16)27(32)33)26-23(30)19-4-2-3-5-20(19)24(26)31/h6-13,19-20H,2-5,14H2,1H3/t19-,20+. The van der Waals surface area contributed by atoms with Gasteiger partial charge in [-0.05, 0) is 49.2 Å². The Kier molecular flexibility index (Phi) is 6.40. The minimum Gasteiger partial charge on any atom is -0.497 e.